The molecule has 0 aliphatic carbocycles. The number of halogens is 2. The molecule has 0 saturated carbocycles. The molecule has 2 N–H and O–H groups in total. The summed E-state index contributed by atoms with van der Waals surface area (Å²) in [5.41, 5.74) is 2.13. The third kappa shape index (κ3) is 6.27. The highest BCUT2D eigenvalue weighted by molar-refractivity contribution is 9.10. The highest BCUT2D eigenvalue weighted by atomic mass is 79.9. The van der Waals surface area contributed by atoms with Crippen molar-refractivity contribution < 1.29 is 14.3 Å². The van der Waals surface area contributed by atoms with Gasteiger partial charge in [0.25, 0.3) is 0 Å². The van der Waals surface area contributed by atoms with E-state index in [2.05, 4.69) is 36.1 Å². The number of nitrogens with zero attached hydrogens (tertiary/aromatic N) is 3. The van der Waals surface area contributed by atoms with E-state index >= 15 is 0 Å². The summed E-state index contributed by atoms with van der Waals surface area (Å²) in [5, 5.41) is 4.44. The van der Waals surface area contributed by atoms with Gasteiger partial charge < -0.3 is 24.8 Å². The first-order valence-electron chi connectivity index (χ1n) is 11.5. The van der Waals surface area contributed by atoms with E-state index in [0.29, 0.717) is 37.6 Å². The first-order chi connectivity index (χ1) is 16.6. The number of carbonyl (C=O) groups is 2. The number of rotatable bonds is 5. The molecule has 186 valence electrons. The van der Waals surface area contributed by atoms with Gasteiger partial charge in [-0.15, -0.1) is 0 Å². The lowest BCUT2D eigenvalue weighted by molar-refractivity contribution is -0.133. The molecule has 10 heteroatoms. The number of hydrogen-bond donors (Lipinski definition) is 2. The molecule has 1 saturated heterocycles. The number of fused-ring (bicyclic) bond motifs is 1. The van der Waals surface area contributed by atoms with Gasteiger partial charge in [0.05, 0.1) is 10.2 Å². The smallest absolute Gasteiger partial charge is 0.408 e. The van der Waals surface area contributed by atoms with Crippen LogP contribution in [-0.2, 0) is 16.0 Å². The van der Waals surface area contributed by atoms with E-state index in [1.807, 2.05) is 24.4 Å². The number of aromatic nitrogens is 2. The highest BCUT2D eigenvalue weighted by Crippen LogP contribution is 2.33. The van der Waals surface area contributed by atoms with Crippen molar-refractivity contribution in [2.75, 3.05) is 31.1 Å². The van der Waals surface area contributed by atoms with Crippen LogP contribution < -0.4 is 10.2 Å². The fourth-order valence-electron chi connectivity index (χ4n) is 4.17. The lowest BCUT2D eigenvalue weighted by Gasteiger charge is -2.38. The Bertz CT molecular complexity index is 1200. The Kier molecular flexibility index (Phi) is 7.56. The predicted octanol–water partition coefficient (Wildman–Crippen LogP) is 4.76. The summed E-state index contributed by atoms with van der Waals surface area (Å²) < 4.78 is 6.33. The number of hydrogen-bond acceptors (Lipinski definition) is 5. The van der Waals surface area contributed by atoms with Crippen LogP contribution in [0.5, 0.6) is 0 Å². The zero-order valence-corrected chi connectivity index (χ0v) is 22.3. The van der Waals surface area contributed by atoms with Crippen LogP contribution in [0.15, 0.2) is 47.2 Å². The standard InChI is InChI=1S/C25H29BrClN5O3/c1-25(2,3)35-24(34)30-20(14-16-4-6-17(27)7-5-16)23(33)32-12-10-31(11-13-32)21-18-8-9-28-22(18)29-15-19(21)26/h4-9,15,20H,10-14H2,1-3H3,(H,28,29)(H,30,34). The molecule has 0 spiro atoms. The highest BCUT2D eigenvalue weighted by Gasteiger charge is 2.31. The maximum absolute atomic E-state index is 13.5. The summed E-state index contributed by atoms with van der Waals surface area (Å²) in [5.74, 6) is -0.133. The fraction of sp³-hybridized carbons (Fsp3) is 0.400. The Labute approximate surface area is 218 Å². The van der Waals surface area contributed by atoms with E-state index < -0.39 is 17.7 Å². The van der Waals surface area contributed by atoms with Crippen molar-refractivity contribution in [1.82, 2.24) is 20.2 Å². The second-order valence-electron chi connectivity index (χ2n) is 9.54. The third-order valence-corrected chi connectivity index (χ3v) is 6.60. The van der Waals surface area contributed by atoms with Gasteiger partial charge in [-0.25, -0.2) is 9.78 Å². The Balaban J connectivity index is 1.47. The quantitative estimate of drug-likeness (QED) is 0.468. The Morgan fingerprint density at radius 2 is 1.86 bits per heavy atom. The number of ether oxygens (including phenoxy) is 1. The summed E-state index contributed by atoms with van der Waals surface area (Å²) in [6, 6.07) is 8.53. The molecule has 8 nitrogen and oxygen atoms in total. The van der Waals surface area contributed by atoms with Crippen LogP contribution in [0.3, 0.4) is 0 Å². The molecule has 3 heterocycles. The number of aromatic amines is 1. The van der Waals surface area contributed by atoms with Crippen LogP contribution in [0.1, 0.15) is 26.3 Å². The van der Waals surface area contributed by atoms with Gasteiger partial charge in [-0.3, -0.25) is 4.79 Å². The summed E-state index contributed by atoms with van der Waals surface area (Å²) in [7, 11) is 0. The molecular weight excluding hydrogens is 534 g/mol. The molecule has 1 fully saturated rings. The van der Waals surface area contributed by atoms with E-state index in [-0.39, 0.29) is 5.91 Å². The number of pyridine rings is 1. The van der Waals surface area contributed by atoms with E-state index in [9.17, 15) is 9.59 Å². The number of H-pyrrole nitrogens is 1. The van der Waals surface area contributed by atoms with Crippen molar-refractivity contribution in [3.8, 4) is 0 Å². The molecule has 1 atom stereocenters. The Hall–Kier alpha value is -2.78. The second-order valence-corrected chi connectivity index (χ2v) is 10.8. The number of nitrogens with one attached hydrogen (secondary N) is 2. The van der Waals surface area contributed by atoms with Crippen LogP contribution >= 0.6 is 27.5 Å². The van der Waals surface area contributed by atoms with Gasteiger partial charge in [0, 0.05) is 55.4 Å². The van der Waals surface area contributed by atoms with Crippen LogP contribution in [0.4, 0.5) is 10.5 Å². The minimum atomic E-state index is -0.749. The van der Waals surface area contributed by atoms with E-state index in [0.717, 1.165) is 26.8 Å². The van der Waals surface area contributed by atoms with Crippen LogP contribution in [-0.4, -0.2) is 64.7 Å². The van der Waals surface area contributed by atoms with Crippen LogP contribution in [0.2, 0.25) is 5.02 Å². The molecule has 1 aliphatic heterocycles. The summed E-state index contributed by atoms with van der Waals surface area (Å²) in [6.45, 7) is 7.77. The number of carbonyl (C=O) groups excluding carboxylic acids is 2. The predicted molar refractivity (Wildman–Crippen MR) is 141 cm³/mol. The topological polar surface area (TPSA) is 90.6 Å². The molecule has 1 aromatic carbocycles. The van der Waals surface area contributed by atoms with E-state index in [1.54, 1.807) is 44.0 Å². The lowest BCUT2D eigenvalue weighted by atomic mass is 10.0. The number of alkyl carbamates (subject to hydrolysis) is 1. The molecule has 4 rings (SSSR count). The van der Waals surface area contributed by atoms with Crippen molar-refractivity contribution in [3.05, 3.63) is 57.8 Å². The van der Waals surface area contributed by atoms with Crippen LogP contribution in [0, 0.1) is 0 Å². The summed E-state index contributed by atoms with van der Waals surface area (Å²) in [6.07, 6.45) is 3.39. The zero-order valence-electron chi connectivity index (χ0n) is 20.0. The molecule has 2 amide bonds. The Morgan fingerprint density at radius 3 is 2.51 bits per heavy atom. The monoisotopic (exact) mass is 561 g/mol. The molecule has 1 unspecified atom stereocenters. The van der Waals surface area contributed by atoms with E-state index in [4.69, 9.17) is 16.3 Å². The molecule has 0 bridgehead atoms. The number of amides is 2. The minimum absolute atomic E-state index is 0.133. The average Bonchev–Trinajstić information content (AvgIpc) is 3.27. The van der Waals surface area contributed by atoms with Crippen molar-refractivity contribution in [2.24, 2.45) is 0 Å². The molecule has 35 heavy (non-hydrogen) atoms. The van der Waals surface area contributed by atoms with Gasteiger partial charge in [-0.05, 0) is 60.5 Å². The van der Waals surface area contributed by atoms with Crippen LogP contribution in [0.25, 0.3) is 11.0 Å². The zero-order chi connectivity index (χ0) is 25.2. The first kappa shape index (κ1) is 25.3. The van der Waals surface area contributed by atoms with Crippen molar-refractivity contribution in [3.63, 3.8) is 0 Å². The fourth-order valence-corrected chi connectivity index (χ4v) is 4.86. The molecule has 2 aromatic heterocycles. The van der Waals surface area contributed by atoms with Gasteiger partial charge in [-0.1, -0.05) is 23.7 Å². The van der Waals surface area contributed by atoms with Gasteiger partial charge in [0.2, 0.25) is 5.91 Å². The average molecular weight is 563 g/mol. The van der Waals surface area contributed by atoms with Gasteiger partial charge >= 0.3 is 6.09 Å². The SMILES string of the molecule is CC(C)(C)OC(=O)NC(Cc1ccc(Cl)cc1)C(=O)N1CCN(c2c(Br)cnc3[nH]ccc23)CC1. The maximum Gasteiger partial charge on any atom is 0.408 e. The molecular formula is C25H29BrClN5O3. The minimum Gasteiger partial charge on any atom is -0.444 e. The summed E-state index contributed by atoms with van der Waals surface area (Å²) in [4.78, 5) is 37.7. The summed E-state index contributed by atoms with van der Waals surface area (Å²) >= 11 is 9.64. The third-order valence-electron chi connectivity index (χ3n) is 5.76. The van der Waals surface area contributed by atoms with Crippen molar-refractivity contribution in [1.29, 1.82) is 0 Å². The van der Waals surface area contributed by atoms with Gasteiger partial charge in [0.15, 0.2) is 0 Å². The first-order valence-corrected chi connectivity index (χ1v) is 12.7. The van der Waals surface area contributed by atoms with Gasteiger partial charge in [-0.2, -0.15) is 0 Å². The molecule has 0 radical (unpaired) electrons. The van der Waals surface area contributed by atoms with Gasteiger partial charge in [0.1, 0.15) is 17.3 Å². The van der Waals surface area contributed by atoms with E-state index in [1.165, 1.54) is 0 Å². The van der Waals surface area contributed by atoms with Crippen molar-refractivity contribution >= 4 is 56.3 Å². The largest absolute Gasteiger partial charge is 0.444 e. The second kappa shape index (κ2) is 10.5. The van der Waals surface area contributed by atoms with Crippen molar-refractivity contribution in [2.45, 2.75) is 38.8 Å². The maximum atomic E-state index is 13.5. The number of piperazine rings is 1. The number of benzene rings is 1. The lowest BCUT2D eigenvalue weighted by Crippen LogP contribution is -2.56. The molecule has 1 aliphatic rings. The molecule has 3 aromatic rings. The normalized spacial score (nSPS) is 15.2. The Morgan fingerprint density at radius 1 is 1.17 bits per heavy atom. The number of anilines is 1.